The molecule has 2 heterocycles. The second-order valence-electron chi connectivity index (χ2n) is 5.96. The first-order chi connectivity index (χ1) is 11.6. The molecule has 1 aromatic heterocycles. The van der Waals surface area contributed by atoms with Crippen molar-refractivity contribution in [1.82, 2.24) is 20.3 Å². The molecule has 6 nitrogen and oxygen atoms in total. The number of carbonyl (C=O) groups is 1. The van der Waals surface area contributed by atoms with E-state index in [1.165, 1.54) is 46.8 Å². The number of aromatic nitrogens is 3. The SMILES string of the molecule is O=C(NCC[NH+]1CCCC1)c1cn(Cc2c(F)cccc2F)nn1. The molecule has 128 valence electrons. The van der Waals surface area contributed by atoms with Gasteiger partial charge in [-0.3, -0.25) is 4.79 Å². The average Bonchev–Trinajstić information content (AvgIpc) is 3.23. The number of benzene rings is 1. The van der Waals surface area contributed by atoms with Gasteiger partial charge < -0.3 is 10.2 Å². The van der Waals surface area contributed by atoms with Crippen LogP contribution in [0.4, 0.5) is 8.78 Å². The molecule has 2 aromatic rings. The van der Waals surface area contributed by atoms with Crippen molar-refractivity contribution in [2.75, 3.05) is 26.2 Å². The summed E-state index contributed by atoms with van der Waals surface area (Å²) in [5.41, 5.74) is 0.0372. The number of likely N-dealkylation sites (tertiary alicyclic amines) is 1. The third-order valence-electron chi connectivity index (χ3n) is 4.23. The molecular formula is C16H20F2N5O+. The highest BCUT2D eigenvalue weighted by molar-refractivity contribution is 5.91. The maximum Gasteiger partial charge on any atom is 0.273 e. The van der Waals surface area contributed by atoms with Crippen LogP contribution in [0.3, 0.4) is 0 Å². The highest BCUT2D eigenvalue weighted by Gasteiger charge is 2.17. The molecule has 3 rings (SSSR count). The number of hydrogen-bond acceptors (Lipinski definition) is 3. The van der Waals surface area contributed by atoms with Crippen molar-refractivity contribution in [2.24, 2.45) is 0 Å². The van der Waals surface area contributed by atoms with Crippen molar-refractivity contribution in [3.63, 3.8) is 0 Å². The van der Waals surface area contributed by atoms with E-state index in [2.05, 4.69) is 15.6 Å². The molecule has 0 aliphatic carbocycles. The number of nitrogens with one attached hydrogen (secondary N) is 2. The number of hydrogen-bond donors (Lipinski definition) is 2. The van der Waals surface area contributed by atoms with Crippen LogP contribution in [-0.2, 0) is 6.54 Å². The minimum atomic E-state index is -0.648. The Balaban J connectivity index is 1.55. The molecule has 8 heteroatoms. The Hall–Kier alpha value is -2.35. The second-order valence-corrected chi connectivity index (χ2v) is 5.96. The summed E-state index contributed by atoms with van der Waals surface area (Å²) in [7, 11) is 0. The topological polar surface area (TPSA) is 64.2 Å². The number of nitrogens with zero attached hydrogens (tertiary/aromatic N) is 3. The van der Waals surface area contributed by atoms with E-state index in [4.69, 9.17) is 0 Å². The minimum absolute atomic E-state index is 0.105. The number of halogens is 2. The summed E-state index contributed by atoms with van der Waals surface area (Å²) in [5.74, 6) is -1.62. The Morgan fingerprint density at radius 3 is 2.67 bits per heavy atom. The van der Waals surface area contributed by atoms with E-state index in [9.17, 15) is 13.6 Å². The van der Waals surface area contributed by atoms with Gasteiger partial charge in [-0.2, -0.15) is 0 Å². The molecule has 0 unspecified atom stereocenters. The molecular weight excluding hydrogens is 316 g/mol. The standard InChI is InChI=1S/C16H19F2N5O/c17-13-4-3-5-14(18)12(13)10-23-11-15(20-21-23)16(24)19-6-9-22-7-1-2-8-22/h3-5,11H,1-2,6-10H2,(H,19,24)/p+1. The predicted octanol–water partition coefficient (Wildman–Crippen LogP) is 0.0131. The zero-order valence-corrected chi connectivity index (χ0v) is 13.3. The third kappa shape index (κ3) is 3.94. The molecule has 0 radical (unpaired) electrons. The Morgan fingerprint density at radius 2 is 1.96 bits per heavy atom. The van der Waals surface area contributed by atoms with Gasteiger partial charge in [0.05, 0.1) is 38.9 Å². The van der Waals surface area contributed by atoms with E-state index in [1.54, 1.807) is 0 Å². The van der Waals surface area contributed by atoms with Crippen LogP contribution < -0.4 is 10.2 Å². The van der Waals surface area contributed by atoms with Crippen LogP contribution in [0.1, 0.15) is 28.9 Å². The summed E-state index contributed by atoms with van der Waals surface area (Å²) < 4.78 is 28.5. The van der Waals surface area contributed by atoms with Gasteiger partial charge in [-0.1, -0.05) is 11.3 Å². The molecule has 1 aromatic carbocycles. The normalized spacial score (nSPS) is 14.9. The van der Waals surface area contributed by atoms with Crippen molar-refractivity contribution in [1.29, 1.82) is 0 Å². The smallest absolute Gasteiger partial charge is 0.273 e. The fourth-order valence-electron chi connectivity index (χ4n) is 2.89. The van der Waals surface area contributed by atoms with Gasteiger partial charge in [-0.25, -0.2) is 13.5 Å². The van der Waals surface area contributed by atoms with E-state index in [0.29, 0.717) is 6.54 Å². The molecule has 0 bridgehead atoms. The third-order valence-corrected chi connectivity index (χ3v) is 4.23. The number of rotatable bonds is 6. The van der Waals surface area contributed by atoms with Gasteiger partial charge in [0.1, 0.15) is 11.6 Å². The molecule has 0 spiro atoms. The average molecular weight is 336 g/mol. The molecule has 1 fully saturated rings. The van der Waals surface area contributed by atoms with Crippen molar-refractivity contribution in [3.8, 4) is 0 Å². The first-order valence-electron chi connectivity index (χ1n) is 8.08. The number of quaternary nitrogens is 1. The minimum Gasteiger partial charge on any atom is -0.345 e. The first kappa shape index (κ1) is 16.5. The van der Waals surface area contributed by atoms with E-state index in [-0.39, 0.29) is 23.7 Å². The van der Waals surface area contributed by atoms with Crippen LogP contribution in [-0.4, -0.2) is 47.1 Å². The molecule has 1 aliphatic rings. The molecule has 0 saturated carbocycles. The van der Waals surface area contributed by atoms with E-state index >= 15 is 0 Å². The predicted molar refractivity (Wildman–Crippen MR) is 82.6 cm³/mol. The van der Waals surface area contributed by atoms with E-state index < -0.39 is 11.6 Å². The first-order valence-corrected chi connectivity index (χ1v) is 8.08. The van der Waals surface area contributed by atoms with Gasteiger partial charge in [0.15, 0.2) is 5.69 Å². The largest absolute Gasteiger partial charge is 0.345 e. The molecule has 2 N–H and O–H groups in total. The van der Waals surface area contributed by atoms with Gasteiger partial charge in [-0.15, -0.1) is 5.10 Å². The maximum atomic E-state index is 13.6. The maximum absolute atomic E-state index is 13.6. The molecule has 1 saturated heterocycles. The fraction of sp³-hybridized carbons (Fsp3) is 0.438. The van der Waals surface area contributed by atoms with Gasteiger partial charge in [-0.05, 0) is 12.1 Å². The van der Waals surface area contributed by atoms with Crippen LogP contribution >= 0.6 is 0 Å². The van der Waals surface area contributed by atoms with Crippen LogP contribution in [0, 0.1) is 11.6 Å². The Bertz CT molecular complexity index is 692. The summed E-state index contributed by atoms with van der Waals surface area (Å²) in [6, 6.07) is 3.67. The summed E-state index contributed by atoms with van der Waals surface area (Å²) in [6.45, 7) is 3.65. The highest BCUT2D eigenvalue weighted by Crippen LogP contribution is 2.13. The van der Waals surface area contributed by atoms with Crippen LogP contribution in [0.25, 0.3) is 0 Å². The Labute approximate surface area is 138 Å². The summed E-state index contributed by atoms with van der Waals surface area (Å²) in [5, 5.41) is 10.3. The van der Waals surface area contributed by atoms with Crippen molar-refractivity contribution in [3.05, 3.63) is 47.3 Å². The van der Waals surface area contributed by atoms with Crippen molar-refractivity contribution < 1.29 is 18.5 Å². The van der Waals surface area contributed by atoms with E-state index in [0.717, 1.165) is 19.6 Å². The second kappa shape index (κ2) is 7.48. The quantitative estimate of drug-likeness (QED) is 0.781. The lowest BCUT2D eigenvalue weighted by Crippen LogP contribution is -3.10. The molecule has 0 atom stereocenters. The Morgan fingerprint density at radius 1 is 1.25 bits per heavy atom. The molecule has 1 aliphatic heterocycles. The lowest BCUT2D eigenvalue weighted by Gasteiger charge is -2.11. The molecule has 24 heavy (non-hydrogen) atoms. The van der Waals surface area contributed by atoms with Crippen LogP contribution in [0.2, 0.25) is 0 Å². The summed E-state index contributed by atoms with van der Waals surface area (Å²) >= 11 is 0. The van der Waals surface area contributed by atoms with Crippen molar-refractivity contribution in [2.45, 2.75) is 19.4 Å². The zero-order chi connectivity index (χ0) is 16.9. The summed E-state index contributed by atoms with van der Waals surface area (Å²) in [4.78, 5) is 13.5. The van der Waals surface area contributed by atoms with Gasteiger partial charge in [0.25, 0.3) is 5.91 Å². The molecule has 1 amide bonds. The van der Waals surface area contributed by atoms with Crippen molar-refractivity contribution >= 4 is 5.91 Å². The van der Waals surface area contributed by atoms with Crippen LogP contribution in [0.15, 0.2) is 24.4 Å². The number of carbonyl (C=O) groups excluding carboxylic acids is 1. The summed E-state index contributed by atoms with van der Waals surface area (Å²) in [6.07, 6.45) is 3.87. The Kier molecular flexibility index (Phi) is 5.14. The highest BCUT2D eigenvalue weighted by atomic mass is 19.1. The monoisotopic (exact) mass is 336 g/mol. The lowest BCUT2D eigenvalue weighted by molar-refractivity contribution is -0.886. The van der Waals surface area contributed by atoms with E-state index in [1.807, 2.05) is 0 Å². The fourth-order valence-corrected chi connectivity index (χ4v) is 2.89. The lowest BCUT2D eigenvalue weighted by atomic mass is 10.2. The van der Waals surface area contributed by atoms with Crippen LogP contribution in [0.5, 0.6) is 0 Å². The van der Waals surface area contributed by atoms with Gasteiger partial charge in [0, 0.05) is 18.4 Å². The van der Waals surface area contributed by atoms with Gasteiger partial charge in [0.2, 0.25) is 0 Å². The van der Waals surface area contributed by atoms with Gasteiger partial charge >= 0.3 is 0 Å². The zero-order valence-electron chi connectivity index (χ0n) is 13.3. The number of amides is 1.